The normalized spacial score (nSPS) is 27.0. The van der Waals surface area contributed by atoms with E-state index in [0.29, 0.717) is 30.6 Å². The van der Waals surface area contributed by atoms with E-state index < -0.39 is 30.0 Å². The number of aliphatic hydroxyl groups excluding tert-OH is 1. The maximum absolute atomic E-state index is 14.8. The third-order valence-corrected chi connectivity index (χ3v) is 7.68. The molecule has 3 atom stereocenters. The quantitative estimate of drug-likeness (QED) is 0.656. The van der Waals surface area contributed by atoms with Crippen LogP contribution < -0.4 is 0 Å². The number of carbonyl (C=O) groups excluding carboxylic acids is 1. The smallest absolute Gasteiger partial charge is 0.321 e. The summed E-state index contributed by atoms with van der Waals surface area (Å²) in [5.74, 6) is -1.18. The van der Waals surface area contributed by atoms with Crippen molar-refractivity contribution in [2.75, 3.05) is 33.3 Å². The summed E-state index contributed by atoms with van der Waals surface area (Å²) in [6, 6.07) is 11.8. The topological polar surface area (TPSA) is 47.0 Å². The first-order valence-corrected chi connectivity index (χ1v) is 12.6. The van der Waals surface area contributed by atoms with Crippen LogP contribution in [0.25, 0.3) is 5.57 Å². The van der Waals surface area contributed by atoms with Crippen molar-refractivity contribution in [2.24, 2.45) is 0 Å². The van der Waals surface area contributed by atoms with E-state index >= 15 is 0 Å². The van der Waals surface area contributed by atoms with Crippen molar-refractivity contribution in [1.29, 1.82) is 0 Å². The van der Waals surface area contributed by atoms with Gasteiger partial charge < -0.3 is 19.8 Å². The molecule has 2 unspecified atom stereocenters. The van der Waals surface area contributed by atoms with Crippen molar-refractivity contribution in [3.63, 3.8) is 0 Å². The van der Waals surface area contributed by atoms with Gasteiger partial charge >= 0.3 is 6.03 Å². The fraction of sp³-hybridized carbons (Fsp3) is 0.464. The summed E-state index contributed by atoms with van der Waals surface area (Å²) in [5.41, 5.74) is -0.0850. The van der Waals surface area contributed by atoms with Gasteiger partial charge in [0, 0.05) is 37.2 Å². The number of hydrogen-bond acceptors (Lipinski definition) is 3. The molecule has 5 nitrogen and oxygen atoms in total. The van der Waals surface area contributed by atoms with Crippen molar-refractivity contribution in [3.8, 4) is 0 Å². The largest absolute Gasteiger partial charge is 0.393 e. The van der Waals surface area contributed by atoms with Gasteiger partial charge in [0.2, 0.25) is 0 Å². The summed E-state index contributed by atoms with van der Waals surface area (Å²) < 4.78 is 43.6. The average molecular weight is 500 g/mol. The van der Waals surface area contributed by atoms with E-state index in [1.54, 1.807) is 15.9 Å². The standard InChI is InChI=1S/C28H32F3N3O2/c1-32-12-11-24(13-22(30)17-32)34(23-8-9-23)27(36)33-16-19(25-14-21(29)7-10-26(25)31)15-28(33,18-35)20-5-3-2-4-6-20/h2-7,10,14-15,22-24,35H,8-9,11-13,16-18H2,1H3/t22?,24?,28-/m1/s1. The molecule has 1 saturated heterocycles. The van der Waals surface area contributed by atoms with Crippen LogP contribution in [0.2, 0.25) is 0 Å². The zero-order valence-electron chi connectivity index (χ0n) is 20.4. The number of urea groups is 1. The van der Waals surface area contributed by atoms with E-state index in [4.69, 9.17) is 0 Å². The third kappa shape index (κ3) is 4.64. The molecule has 36 heavy (non-hydrogen) atoms. The molecule has 2 fully saturated rings. The Hall–Kier alpha value is -2.84. The predicted octanol–water partition coefficient (Wildman–Crippen LogP) is 4.57. The minimum Gasteiger partial charge on any atom is -0.393 e. The first-order chi connectivity index (χ1) is 17.3. The van der Waals surface area contributed by atoms with Crippen molar-refractivity contribution < 1.29 is 23.1 Å². The summed E-state index contributed by atoms with van der Waals surface area (Å²) in [6.07, 6.45) is 3.25. The van der Waals surface area contributed by atoms with Crippen LogP contribution in [0, 0.1) is 11.6 Å². The van der Waals surface area contributed by atoms with Crippen LogP contribution in [0.1, 0.15) is 36.8 Å². The fourth-order valence-corrected chi connectivity index (χ4v) is 5.70. The monoisotopic (exact) mass is 499 g/mol. The van der Waals surface area contributed by atoms with Crippen LogP contribution in [-0.4, -0.2) is 77.4 Å². The van der Waals surface area contributed by atoms with Gasteiger partial charge in [-0.3, -0.25) is 0 Å². The minimum atomic E-state index is -1.25. The van der Waals surface area contributed by atoms with Gasteiger partial charge in [0.15, 0.2) is 0 Å². The Morgan fingerprint density at radius 1 is 1.11 bits per heavy atom. The molecule has 1 N–H and O–H groups in total. The number of alkyl halides is 1. The second-order valence-electron chi connectivity index (χ2n) is 10.3. The van der Waals surface area contributed by atoms with Gasteiger partial charge in [-0.25, -0.2) is 18.0 Å². The van der Waals surface area contributed by atoms with Crippen LogP contribution >= 0.6 is 0 Å². The molecule has 0 spiro atoms. The highest BCUT2D eigenvalue weighted by Crippen LogP contribution is 2.43. The van der Waals surface area contributed by atoms with E-state index in [1.807, 2.05) is 42.3 Å². The zero-order chi connectivity index (χ0) is 25.4. The lowest BCUT2D eigenvalue weighted by molar-refractivity contribution is 0.0661. The minimum absolute atomic E-state index is 0.00353. The second kappa shape index (κ2) is 9.90. The molecular weight excluding hydrogens is 467 g/mol. The SMILES string of the molecule is CN1CCC(N(C(=O)N2CC(c3cc(F)ccc3F)=C[C@@]2(CO)c2ccccc2)C2CC2)CC(F)C1. The highest BCUT2D eigenvalue weighted by atomic mass is 19.1. The average Bonchev–Trinajstić information content (AvgIpc) is 3.65. The number of carbonyl (C=O) groups is 1. The molecule has 2 aromatic carbocycles. The predicted molar refractivity (Wildman–Crippen MR) is 132 cm³/mol. The van der Waals surface area contributed by atoms with E-state index in [-0.39, 0.29) is 36.6 Å². The van der Waals surface area contributed by atoms with Gasteiger partial charge in [-0.15, -0.1) is 0 Å². The molecule has 2 heterocycles. The number of likely N-dealkylation sites (tertiary alicyclic amines) is 1. The van der Waals surface area contributed by atoms with Gasteiger partial charge in [0.25, 0.3) is 0 Å². The molecule has 5 rings (SSSR count). The van der Waals surface area contributed by atoms with Gasteiger partial charge in [0.05, 0.1) is 6.61 Å². The molecule has 0 bridgehead atoms. The summed E-state index contributed by atoms with van der Waals surface area (Å²) in [4.78, 5) is 19.6. The summed E-state index contributed by atoms with van der Waals surface area (Å²) >= 11 is 0. The van der Waals surface area contributed by atoms with Crippen LogP contribution in [0.5, 0.6) is 0 Å². The maximum atomic E-state index is 14.8. The lowest BCUT2D eigenvalue weighted by Crippen LogP contribution is -2.56. The van der Waals surface area contributed by atoms with E-state index in [9.17, 15) is 23.1 Å². The molecule has 192 valence electrons. The number of amides is 2. The van der Waals surface area contributed by atoms with E-state index in [0.717, 1.165) is 31.0 Å². The highest BCUT2D eigenvalue weighted by molar-refractivity contribution is 5.84. The lowest BCUT2D eigenvalue weighted by Gasteiger charge is -2.42. The van der Waals surface area contributed by atoms with Crippen LogP contribution in [0.3, 0.4) is 0 Å². The summed E-state index contributed by atoms with van der Waals surface area (Å²) in [7, 11) is 1.88. The Morgan fingerprint density at radius 2 is 1.86 bits per heavy atom. The summed E-state index contributed by atoms with van der Waals surface area (Å²) in [6.45, 7) is 0.593. The second-order valence-corrected chi connectivity index (χ2v) is 10.3. The molecule has 2 aliphatic heterocycles. The summed E-state index contributed by atoms with van der Waals surface area (Å²) in [5, 5.41) is 10.8. The van der Waals surface area contributed by atoms with Crippen molar-refractivity contribution >= 4 is 11.6 Å². The molecule has 1 saturated carbocycles. The Kier molecular flexibility index (Phi) is 6.83. The van der Waals surface area contributed by atoms with Crippen molar-refractivity contribution in [3.05, 3.63) is 77.4 Å². The number of benzene rings is 2. The number of hydrogen-bond donors (Lipinski definition) is 1. The van der Waals surface area contributed by atoms with Gasteiger partial charge in [0.1, 0.15) is 23.3 Å². The van der Waals surface area contributed by atoms with Crippen molar-refractivity contribution in [1.82, 2.24) is 14.7 Å². The first kappa shape index (κ1) is 24.8. The molecule has 2 amide bonds. The molecule has 3 aliphatic rings. The van der Waals surface area contributed by atoms with Crippen LogP contribution in [0.15, 0.2) is 54.6 Å². The van der Waals surface area contributed by atoms with Crippen LogP contribution in [0.4, 0.5) is 18.0 Å². The number of rotatable bonds is 5. The molecule has 0 radical (unpaired) electrons. The molecule has 8 heteroatoms. The van der Waals surface area contributed by atoms with Gasteiger partial charge in [-0.2, -0.15) is 0 Å². The van der Waals surface area contributed by atoms with E-state index in [1.165, 1.54) is 0 Å². The van der Waals surface area contributed by atoms with Gasteiger partial charge in [-0.05, 0) is 68.3 Å². The number of nitrogens with zero attached hydrogens (tertiary/aromatic N) is 3. The highest BCUT2D eigenvalue weighted by Gasteiger charge is 2.49. The Bertz CT molecular complexity index is 1140. The fourth-order valence-electron chi connectivity index (χ4n) is 5.70. The number of halogens is 3. The lowest BCUT2D eigenvalue weighted by atomic mass is 9.89. The third-order valence-electron chi connectivity index (χ3n) is 7.68. The molecule has 1 aliphatic carbocycles. The maximum Gasteiger partial charge on any atom is 0.321 e. The first-order valence-electron chi connectivity index (χ1n) is 12.6. The molecule has 2 aromatic rings. The Labute approximate surface area is 209 Å². The van der Waals surface area contributed by atoms with E-state index in [2.05, 4.69) is 0 Å². The van der Waals surface area contributed by atoms with Gasteiger partial charge in [-0.1, -0.05) is 30.3 Å². The number of aliphatic hydroxyl groups is 1. The molecule has 0 aromatic heterocycles. The van der Waals surface area contributed by atoms with Crippen LogP contribution in [-0.2, 0) is 5.54 Å². The molecular formula is C28H32F3N3O2. The van der Waals surface area contributed by atoms with Crippen molar-refractivity contribution in [2.45, 2.75) is 49.5 Å². The Morgan fingerprint density at radius 3 is 2.56 bits per heavy atom. The zero-order valence-corrected chi connectivity index (χ0v) is 20.4. The Balaban J connectivity index is 1.56.